The Hall–Kier alpha value is -2.39. The molecule has 3 nitrogen and oxygen atoms in total. The molecule has 1 aliphatic heterocycles. The highest BCUT2D eigenvalue weighted by atomic mass is 35.5. The normalized spacial score (nSPS) is 16.6. The highest BCUT2D eigenvalue weighted by molar-refractivity contribution is 6.30. The van der Waals surface area contributed by atoms with Gasteiger partial charge in [0.25, 0.3) is 0 Å². The largest absolute Gasteiger partial charge is 0.302 e. The van der Waals surface area contributed by atoms with Crippen molar-refractivity contribution in [3.05, 3.63) is 83.1 Å². The van der Waals surface area contributed by atoms with Gasteiger partial charge >= 0.3 is 0 Å². The van der Waals surface area contributed by atoms with Crippen molar-refractivity contribution in [3.63, 3.8) is 0 Å². The van der Waals surface area contributed by atoms with Gasteiger partial charge in [-0.25, -0.2) is 9.97 Å². The van der Waals surface area contributed by atoms with Gasteiger partial charge in [0.15, 0.2) is 0 Å². The Morgan fingerprint density at radius 3 is 2.41 bits per heavy atom. The predicted octanol–water partition coefficient (Wildman–Crippen LogP) is 4.57. The van der Waals surface area contributed by atoms with E-state index in [0.29, 0.717) is 0 Å². The first kappa shape index (κ1) is 13.3. The second-order valence-corrected chi connectivity index (χ2v) is 5.76. The molecule has 4 heteroatoms. The van der Waals surface area contributed by atoms with Crippen molar-refractivity contribution in [2.45, 2.75) is 12.5 Å². The van der Waals surface area contributed by atoms with E-state index in [1.807, 2.05) is 18.2 Å². The van der Waals surface area contributed by atoms with Crippen LogP contribution in [0, 0.1) is 0 Å². The third kappa shape index (κ3) is 2.24. The van der Waals surface area contributed by atoms with Crippen LogP contribution in [0.1, 0.15) is 17.2 Å². The summed E-state index contributed by atoms with van der Waals surface area (Å²) in [5.74, 6) is 0.729. The number of nitrogens with zero attached hydrogens (tertiary/aromatic N) is 3. The van der Waals surface area contributed by atoms with E-state index in [-0.39, 0.29) is 6.04 Å². The Balaban J connectivity index is 1.83. The average molecular weight is 308 g/mol. The molecule has 0 fully saturated rings. The maximum absolute atomic E-state index is 6.02. The second kappa shape index (κ2) is 5.43. The summed E-state index contributed by atoms with van der Waals surface area (Å²) in [6, 6.07) is 18.5. The highest BCUT2D eigenvalue weighted by Crippen LogP contribution is 2.43. The van der Waals surface area contributed by atoms with Crippen molar-refractivity contribution < 1.29 is 0 Å². The van der Waals surface area contributed by atoms with Gasteiger partial charge in [-0.05, 0) is 41.8 Å². The molecule has 108 valence electrons. The van der Waals surface area contributed by atoms with Gasteiger partial charge in [-0.15, -0.1) is 0 Å². The highest BCUT2D eigenvalue weighted by Gasteiger charge is 2.32. The maximum atomic E-state index is 6.02. The summed E-state index contributed by atoms with van der Waals surface area (Å²) in [7, 11) is 0. The number of benzene rings is 2. The van der Waals surface area contributed by atoms with Crippen molar-refractivity contribution in [2.24, 2.45) is 0 Å². The van der Waals surface area contributed by atoms with Crippen molar-refractivity contribution in [2.75, 3.05) is 4.90 Å². The number of anilines is 2. The van der Waals surface area contributed by atoms with Crippen LogP contribution in [0.3, 0.4) is 0 Å². The fraction of sp³-hybridized carbons (Fsp3) is 0.111. The standard InChI is InChI=1S/C18H14ClN3/c19-15-8-6-13(7-9-15)17-12-14-4-1-2-5-16(14)22(17)18-20-10-3-11-21-18/h1-11,17H,12H2. The molecule has 0 amide bonds. The SMILES string of the molecule is Clc1ccc(C2Cc3ccccc3N2c2ncccn2)cc1. The number of fused-ring (bicyclic) bond motifs is 1. The van der Waals surface area contributed by atoms with Crippen LogP contribution in [0.4, 0.5) is 11.6 Å². The molecular formula is C18H14ClN3. The summed E-state index contributed by atoms with van der Waals surface area (Å²) in [6.07, 6.45) is 4.50. The van der Waals surface area contributed by atoms with Gasteiger partial charge in [0.05, 0.1) is 6.04 Å². The third-order valence-corrected chi connectivity index (χ3v) is 4.25. The smallest absolute Gasteiger partial charge is 0.230 e. The zero-order chi connectivity index (χ0) is 14.9. The summed E-state index contributed by atoms with van der Waals surface area (Å²) in [5.41, 5.74) is 3.71. The lowest BCUT2D eigenvalue weighted by Gasteiger charge is -2.25. The number of halogens is 1. The molecule has 3 aromatic rings. The van der Waals surface area contributed by atoms with Crippen molar-refractivity contribution in [3.8, 4) is 0 Å². The monoisotopic (exact) mass is 307 g/mol. The van der Waals surface area contributed by atoms with E-state index >= 15 is 0 Å². The van der Waals surface area contributed by atoms with Gasteiger partial charge in [0.2, 0.25) is 5.95 Å². The van der Waals surface area contributed by atoms with Gasteiger partial charge in [-0.2, -0.15) is 0 Å². The second-order valence-electron chi connectivity index (χ2n) is 5.32. The molecular weight excluding hydrogens is 294 g/mol. The molecule has 0 aliphatic carbocycles. The minimum absolute atomic E-state index is 0.192. The summed E-state index contributed by atoms with van der Waals surface area (Å²) in [5, 5.41) is 0.752. The van der Waals surface area contributed by atoms with Gasteiger partial charge in [-0.1, -0.05) is 41.9 Å². The fourth-order valence-corrected chi connectivity index (χ4v) is 3.13. The van der Waals surface area contributed by atoms with E-state index in [9.17, 15) is 0 Å². The lowest BCUT2D eigenvalue weighted by atomic mass is 10.0. The number of para-hydroxylation sites is 1. The topological polar surface area (TPSA) is 29.0 Å². The van der Waals surface area contributed by atoms with Crippen molar-refractivity contribution in [1.82, 2.24) is 9.97 Å². The number of rotatable bonds is 2. The first-order valence-corrected chi connectivity index (χ1v) is 7.60. The Kier molecular flexibility index (Phi) is 3.28. The number of aromatic nitrogens is 2. The van der Waals surface area contributed by atoms with Crippen molar-refractivity contribution in [1.29, 1.82) is 0 Å². The van der Waals surface area contributed by atoms with Crippen LogP contribution in [0.2, 0.25) is 5.02 Å². The molecule has 0 saturated heterocycles. The molecule has 4 rings (SSSR count). The van der Waals surface area contributed by atoms with E-state index in [2.05, 4.69) is 51.3 Å². The minimum Gasteiger partial charge on any atom is -0.302 e. The van der Waals surface area contributed by atoms with Crippen LogP contribution in [-0.4, -0.2) is 9.97 Å². The molecule has 1 atom stereocenters. The van der Waals surface area contributed by atoms with Gasteiger partial charge in [0, 0.05) is 23.1 Å². The predicted molar refractivity (Wildman–Crippen MR) is 88.5 cm³/mol. The zero-order valence-electron chi connectivity index (χ0n) is 11.9. The zero-order valence-corrected chi connectivity index (χ0v) is 12.6. The maximum Gasteiger partial charge on any atom is 0.230 e. The third-order valence-electron chi connectivity index (χ3n) is 4.00. The van der Waals surface area contributed by atoms with Gasteiger partial charge in [0.1, 0.15) is 0 Å². The molecule has 1 unspecified atom stereocenters. The molecule has 1 aromatic heterocycles. The fourth-order valence-electron chi connectivity index (χ4n) is 3.00. The Labute approximate surface area is 134 Å². The van der Waals surface area contributed by atoms with Crippen LogP contribution in [0.5, 0.6) is 0 Å². The molecule has 22 heavy (non-hydrogen) atoms. The molecule has 0 bridgehead atoms. The molecule has 0 radical (unpaired) electrons. The van der Waals surface area contributed by atoms with Gasteiger partial charge < -0.3 is 4.90 Å². The van der Waals surface area contributed by atoms with E-state index in [0.717, 1.165) is 17.4 Å². The summed E-state index contributed by atoms with van der Waals surface area (Å²) in [6.45, 7) is 0. The summed E-state index contributed by atoms with van der Waals surface area (Å²) < 4.78 is 0. The van der Waals surface area contributed by atoms with Gasteiger partial charge in [-0.3, -0.25) is 0 Å². The first-order chi connectivity index (χ1) is 10.8. The molecule has 0 saturated carbocycles. The Morgan fingerprint density at radius 1 is 0.909 bits per heavy atom. The first-order valence-electron chi connectivity index (χ1n) is 7.22. The van der Waals surface area contributed by atoms with Crippen LogP contribution in [0.15, 0.2) is 67.0 Å². The van der Waals surface area contributed by atoms with Crippen LogP contribution in [0.25, 0.3) is 0 Å². The summed E-state index contributed by atoms with van der Waals surface area (Å²) in [4.78, 5) is 11.1. The molecule has 2 aromatic carbocycles. The lowest BCUT2D eigenvalue weighted by molar-refractivity contribution is 0.724. The average Bonchev–Trinajstić information content (AvgIpc) is 2.96. The Morgan fingerprint density at radius 2 is 1.64 bits per heavy atom. The molecule has 2 heterocycles. The van der Waals surface area contributed by atoms with Crippen molar-refractivity contribution >= 4 is 23.2 Å². The Bertz CT molecular complexity index is 787. The van der Waals surface area contributed by atoms with Crippen LogP contribution in [-0.2, 0) is 6.42 Å². The van der Waals surface area contributed by atoms with E-state index in [1.54, 1.807) is 12.4 Å². The summed E-state index contributed by atoms with van der Waals surface area (Å²) >= 11 is 6.02. The van der Waals surface area contributed by atoms with E-state index in [4.69, 9.17) is 11.6 Å². The molecule has 0 N–H and O–H groups in total. The van der Waals surface area contributed by atoms with Crippen LogP contribution < -0.4 is 4.90 Å². The molecule has 1 aliphatic rings. The number of hydrogen-bond donors (Lipinski definition) is 0. The quantitative estimate of drug-likeness (QED) is 0.694. The minimum atomic E-state index is 0.192. The van der Waals surface area contributed by atoms with E-state index < -0.39 is 0 Å². The molecule has 0 spiro atoms. The lowest BCUT2D eigenvalue weighted by Crippen LogP contribution is -2.21. The van der Waals surface area contributed by atoms with Crippen LogP contribution >= 0.6 is 11.6 Å². The number of hydrogen-bond acceptors (Lipinski definition) is 3. The van der Waals surface area contributed by atoms with E-state index in [1.165, 1.54) is 16.8 Å².